The highest BCUT2D eigenvalue weighted by Crippen LogP contribution is 2.35. The maximum Gasteiger partial charge on any atom is 0.229 e. The summed E-state index contributed by atoms with van der Waals surface area (Å²) < 4.78 is 6.43. The summed E-state index contributed by atoms with van der Waals surface area (Å²) in [7, 11) is 1.67. The predicted octanol–water partition coefficient (Wildman–Crippen LogP) is 3.09. The molecule has 0 aliphatic carbocycles. The molecule has 2 aliphatic heterocycles. The minimum absolute atomic E-state index is 0.0832. The number of carbonyl (C=O) groups excluding carboxylic acids is 1. The van der Waals surface area contributed by atoms with E-state index in [-0.39, 0.29) is 11.8 Å². The van der Waals surface area contributed by atoms with E-state index in [1.807, 2.05) is 29.2 Å². The van der Waals surface area contributed by atoms with Crippen LogP contribution in [-0.4, -0.2) is 62.2 Å². The van der Waals surface area contributed by atoms with Crippen molar-refractivity contribution < 1.29 is 9.53 Å². The Bertz CT molecular complexity index is 1010. The Labute approximate surface area is 174 Å². The highest BCUT2D eigenvalue weighted by atomic mass is 32.1. The number of hydrogen-bond acceptors (Lipinski definition) is 6. The Morgan fingerprint density at radius 2 is 1.79 bits per heavy atom. The molecule has 150 valence electrons. The van der Waals surface area contributed by atoms with Crippen molar-refractivity contribution in [1.29, 1.82) is 0 Å². The molecule has 0 atom stereocenters. The SMILES string of the molecule is COc1ccc2sc(N3CC(C(=O)N4CCN(c5ccccc5)CC4)C3)nc2c1. The second kappa shape index (κ2) is 7.55. The van der Waals surface area contributed by atoms with E-state index in [1.54, 1.807) is 18.4 Å². The highest BCUT2D eigenvalue weighted by molar-refractivity contribution is 7.22. The summed E-state index contributed by atoms with van der Waals surface area (Å²) in [5.74, 6) is 1.19. The maximum absolute atomic E-state index is 12.9. The fraction of sp³-hybridized carbons (Fsp3) is 0.364. The summed E-state index contributed by atoms with van der Waals surface area (Å²) in [5.41, 5.74) is 2.19. The molecule has 2 saturated heterocycles. The number of fused-ring (bicyclic) bond motifs is 1. The molecule has 29 heavy (non-hydrogen) atoms. The molecular weight excluding hydrogens is 384 g/mol. The number of thiazole rings is 1. The van der Waals surface area contributed by atoms with Crippen molar-refractivity contribution >= 4 is 38.3 Å². The molecule has 1 amide bonds. The molecule has 2 fully saturated rings. The van der Waals surface area contributed by atoms with E-state index in [1.165, 1.54) is 5.69 Å². The minimum Gasteiger partial charge on any atom is -0.497 e. The van der Waals surface area contributed by atoms with Crippen molar-refractivity contribution in [2.24, 2.45) is 5.92 Å². The van der Waals surface area contributed by atoms with Crippen LogP contribution in [0.5, 0.6) is 5.75 Å². The third-order valence-corrected chi connectivity index (χ3v) is 6.89. The van der Waals surface area contributed by atoms with Gasteiger partial charge in [0, 0.05) is 51.0 Å². The molecule has 2 aromatic carbocycles. The number of aromatic nitrogens is 1. The van der Waals surface area contributed by atoms with E-state index in [2.05, 4.69) is 34.1 Å². The van der Waals surface area contributed by atoms with Crippen molar-refractivity contribution in [3.8, 4) is 5.75 Å². The quantitative estimate of drug-likeness (QED) is 0.664. The molecule has 0 unspecified atom stereocenters. The molecule has 0 bridgehead atoms. The predicted molar refractivity (Wildman–Crippen MR) is 117 cm³/mol. The number of methoxy groups -OCH3 is 1. The van der Waals surface area contributed by atoms with Crippen molar-refractivity contribution in [3.63, 3.8) is 0 Å². The van der Waals surface area contributed by atoms with Crippen LogP contribution < -0.4 is 14.5 Å². The van der Waals surface area contributed by atoms with Crippen molar-refractivity contribution in [3.05, 3.63) is 48.5 Å². The molecule has 7 heteroatoms. The molecule has 3 heterocycles. The van der Waals surface area contributed by atoms with Crippen LogP contribution in [0.25, 0.3) is 10.2 Å². The number of anilines is 2. The maximum atomic E-state index is 12.9. The van der Waals surface area contributed by atoms with Gasteiger partial charge >= 0.3 is 0 Å². The van der Waals surface area contributed by atoms with Crippen LogP contribution in [0.2, 0.25) is 0 Å². The second-order valence-corrected chi connectivity index (χ2v) is 8.59. The first-order valence-electron chi connectivity index (χ1n) is 9.99. The first-order valence-corrected chi connectivity index (χ1v) is 10.8. The fourth-order valence-corrected chi connectivity index (χ4v) is 4.99. The van der Waals surface area contributed by atoms with Crippen LogP contribution in [0.3, 0.4) is 0 Å². The molecule has 2 aliphatic rings. The van der Waals surface area contributed by atoms with E-state index >= 15 is 0 Å². The lowest BCUT2D eigenvalue weighted by molar-refractivity contribution is -0.136. The summed E-state index contributed by atoms with van der Waals surface area (Å²) in [4.78, 5) is 24.2. The molecule has 0 spiro atoms. The number of rotatable bonds is 4. The topological polar surface area (TPSA) is 48.9 Å². The number of hydrogen-bond donors (Lipinski definition) is 0. The average molecular weight is 409 g/mol. The van der Waals surface area contributed by atoms with Gasteiger partial charge in [0.2, 0.25) is 5.91 Å². The number of benzene rings is 2. The van der Waals surface area contributed by atoms with Crippen molar-refractivity contribution in [2.75, 3.05) is 56.2 Å². The van der Waals surface area contributed by atoms with Crippen LogP contribution in [0.1, 0.15) is 0 Å². The molecule has 6 nitrogen and oxygen atoms in total. The van der Waals surface area contributed by atoms with Crippen LogP contribution in [0, 0.1) is 5.92 Å². The Balaban J connectivity index is 1.17. The van der Waals surface area contributed by atoms with Gasteiger partial charge in [0.25, 0.3) is 0 Å². The van der Waals surface area contributed by atoms with Gasteiger partial charge in [-0.2, -0.15) is 0 Å². The van der Waals surface area contributed by atoms with Crippen LogP contribution >= 0.6 is 11.3 Å². The van der Waals surface area contributed by atoms with Gasteiger partial charge in [0.1, 0.15) is 5.75 Å². The van der Waals surface area contributed by atoms with Crippen LogP contribution in [-0.2, 0) is 4.79 Å². The Morgan fingerprint density at radius 3 is 2.52 bits per heavy atom. The Hall–Kier alpha value is -2.80. The first-order chi connectivity index (χ1) is 14.2. The smallest absolute Gasteiger partial charge is 0.229 e. The van der Waals surface area contributed by atoms with Crippen molar-refractivity contribution in [2.45, 2.75) is 0 Å². The van der Waals surface area contributed by atoms with Gasteiger partial charge in [-0.3, -0.25) is 4.79 Å². The van der Waals surface area contributed by atoms with Gasteiger partial charge in [-0.25, -0.2) is 4.98 Å². The summed E-state index contributed by atoms with van der Waals surface area (Å²) in [5, 5.41) is 0.992. The normalized spacial score (nSPS) is 17.5. The van der Waals surface area contributed by atoms with E-state index in [9.17, 15) is 4.79 Å². The minimum atomic E-state index is 0.0832. The highest BCUT2D eigenvalue weighted by Gasteiger charge is 2.37. The lowest BCUT2D eigenvalue weighted by Crippen LogP contribution is -2.58. The van der Waals surface area contributed by atoms with E-state index < -0.39 is 0 Å². The van der Waals surface area contributed by atoms with Crippen LogP contribution in [0.4, 0.5) is 10.8 Å². The Kier molecular flexibility index (Phi) is 4.75. The lowest BCUT2D eigenvalue weighted by atomic mass is 9.99. The number of nitrogens with zero attached hydrogens (tertiary/aromatic N) is 4. The summed E-state index contributed by atoms with van der Waals surface area (Å²) in [6.45, 7) is 4.90. The zero-order chi connectivity index (χ0) is 19.8. The summed E-state index contributed by atoms with van der Waals surface area (Å²) in [6, 6.07) is 16.4. The van der Waals surface area contributed by atoms with Crippen LogP contribution in [0.15, 0.2) is 48.5 Å². The molecule has 0 radical (unpaired) electrons. The Morgan fingerprint density at radius 1 is 1.03 bits per heavy atom. The molecule has 1 aromatic heterocycles. The van der Waals surface area contributed by atoms with Gasteiger partial charge in [-0.1, -0.05) is 29.5 Å². The number of amides is 1. The molecule has 5 rings (SSSR count). The lowest BCUT2D eigenvalue weighted by Gasteiger charge is -2.43. The molecule has 3 aromatic rings. The monoisotopic (exact) mass is 408 g/mol. The number of piperazine rings is 1. The van der Waals surface area contributed by atoms with Gasteiger partial charge in [0.15, 0.2) is 5.13 Å². The van der Waals surface area contributed by atoms with Crippen molar-refractivity contribution in [1.82, 2.24) is 9.88 Å². The molecule has 0 N–H and O–H groups in total. The zero-order valence-corrected chi connectivity index (χ0v) is 17.3. The van der Waals surface area contributed by atoms with Gasteiger partial charge in [0.05, 0.1) is 23.2 Å². The molecule has 0 saturated carbocycles. The standard InChI is InChI=1S/C22H24N4O2S/c1-28-18-7-8-20-19(13-18)23-22(29-20)26-14-16(15-26)21(27)25-11-9-24(10-12-25)17-5-3-2-4-6-17/h2-8,13,16H,9-12,14-15H2,1H3. The average Bonchev–Trinajstić information content (AvgIpc) is 3.16. The van der Waals surface area contributed by atoms with E-state index in [0.29, 0.717) is 0 Å². The van der Waals surface area contributed by atoms with E-state index in [4.69, 9.17) is 9.72 Å². The van der Waals surface area contributed by atoms with Gasteiger partial charge in [-0.05, 0) is 24.3 Å². The van der Waals surface area contributed by atoms with Gasteiger partial charge in [-0.15, -0.1) is 0 Å². The largest absolute Gasteiger partial charge is 0.497 e. The summed E-state index contributed by atoms with van der Waals surface area (Å²) >= 11 is 1.68. The second-order valence-electron chi connectivity index (χ2n) is 7.58. The fourth-order valence-electron chi connectivity index (χ4n) is 4.03. The first kappa shape index (κ1) is 18.2. The third kappa shape index (κ3) is 3.51. The summed E-state index contributed by atoms with van der Waals surface area (Å²) in [6.07, 6.45) is 0. The number of ether oxygens (including phenoxy) is 1. The van der Waals surface area contributed by atoms with E-state index in [0.717, 1.165) is 60.4 Å². The number of carbonyl (C=O) groups is 1. The third-order valence-electron chi connectivity index (χ3n) is 5.80. The van der Waals surface area contributed by atoms with Gasteiger partial charge < -0.3 is 19.4 Å². The number of para-hydroxylation sites is 1. The molecular formula is C22H24N4O2S. The zero-order valence-electron chi connectivity index (χ0n) is 16.5.